The van der Waals surface area contributed by atoms with Crippen LogP contribution in [0.3, 0.4) is 0 Å². The average molecular weight is 271 g/mol. The van der Waals surface area contributed by atoms with Gasteiger partial charge in [-0.1, -0.05) is 18.2 Å². The van der Waals surface area contributed by atoms with Crippen LogP contribution in [0.25, 0.3) is 0 Å². The third kappa shape index (κ3) is 2.43. The molecule has 0 radical (unpaired) electrons. The fourth-order valence-electron chi connectivity index (χ4n) is 2.95. The van der Waals surface area contributed by atoms with E-state index < -0.39 is 12.2 Å². The molecule has 2 aliphatic heterocycles. The van der Waals surface area contributed by atoms with Crippen molar-refractivity contribution in [3.63, 3.8) is 0 Å². The summed E-state index contributed by atoms with van der Waals surface area (Å²) in [5.41, 5.74) is 1.98. The maximum atomic E-state index is 12.8. The number of alkyl halides is 3. The number of rotatable bonds is 1. The van der Waals surface area contributed by atoms with Crippen molar-refractivity contribution in [2.45, 2.75) is 43.9 Å². The Hall–Kier alpha value is -1.23. The van der Waals surface area contributed by atoms with Crippen LogP contribution >= 0.6 is 0 Å². The minimum Gasteiger partial charge on any atom is -0.493 e. The highest BCUT2D eigenvalue weighted by Gasteiger charge is 2.42. The molecule has 2 aliphatic rings. The maximum Gasteiger partial charge on any atom is 0.403 e. The van der Waals surface area contributed by atoms with Gasteiger partial charge in [0.05, 0.1) is 6.61 Å². The highest BCUT2D eigenvalue weighted by Crippen LogP contribution is 2.39. The summed E-state index contributed by atoms with van der Waals surface area (Å²) < 4.78 is 44.0. The van der Waals surface area contributed by atoms with E-state index in [0.29, 0.717) is 13.0 Å². The Morgan fingerprint density at radius 3 is 2.84 bits per heavy atom. The molecule has 1 aromatic rings. The van der Waals surface area contributed by atoms with Crippen molar-refractivity contribution in [2.75, 3.05) is 6.61 Å². The van der Waals surface area contributed by atoms with Gasteiger partial charge in [-0.05, 0) is 24.8 Å². The third-order valence-electron chi connectivity index (χ3n) is 3.90. The number of ether oxygens (including phenoxy) is 1. The van der Waals surface area contributed by atoms with Gasteiger partial charge < -0.3 is 4.74 Å². The summed E-state index contributed by atoms with van der Waals surface area (Å²) in [6.07, 6.45) is -1.84. The molecule has 104 valence electrons. The van der Waals surface area contributed by atoms with Crippen molar-refractivity contribution in [1.82, 2.24) is 5.32 Å². The van der Waals surface area contributed by atoms with Gasteiger partial charge in [0.2, 0.25) is 0 Å². The lowest BCUT2D eigenvalue weighted by molar-refractivity contribution is -0.163. The number of fused-ring (bicyclic) bond motifs is 1. The summed E-state index contributed by atoms with van der Waals surface area (Å²) in [6, 6.07) is 4.11. The molecular formula is C14H16F3NO. The van der Waals surface area contributed by atoms with Crippen molar-refractivity contribution < 1.29 is 17.9 Å². The van der Waals surface area contributed by atoms with Crippen LogP contribution in [-0.4, -0.2) is 18.8 Å². The standard InChI is InChI=1S/C14H16F3NO/c15-14(16,17)12-6-2-5-11(18-12)10-4-1-3-9-7-8-19-13(9)10/h1,3-4,11-12,18H,2,5-8H2. The summed E-state index contributed by atoms with van der Waals surface area (Å²) in [7, 11) is 0. The van der Waals surface area contributed by atoms with Crippen molar-refractivity contribution in [2.24, 2.45) is 0 Å². The van der Waals surface area contributed by atoms with E-state index in [2.05, 4.69) is 5.32 Å². The molecule has 2 heterocycles. The molecule has 0 bridgehead atoms. The van der Waals surface area contributed by atoms with Crippen molar-refractivity contribution in [3.8, 4) is 5.75 Å². The summed E-state index contributed by atoms with van der Waals surface area (Å²) in [5, 5.41) is 2.73. The van der Waals surface area contributed by atoms with Crippen LogP contribution in [0.5, 0.6) is 5.75 Å². The maximum absolute atomic E-state index is 12.8. The van der Waals surface area contributed by atoms with E-state index in [1.807, 2.05) is 18.2 Å². The molecule has 1 fully saturated rings. The molecule has 1 N–H and O–H groups in total. The smallest absolute Gasteiger partial charge is 0.403 e. The van der Waals surface area contributed by atoms with Gasteiger partial charge in [-0.3, -0.25) is 5.32 Å². The molecular weight excluding hydrogens is 255 g/mol. The first-order valence-corrected chi connectivity index (χ1v) is 6.63. The lowest BCUT2D eigenvalue weighted by Crippen LogP contribution is -2.46. The van der Waals surface area contributed by atoms with Gasteiger partial charge in [-0.15, -0.1) is 0 Å². The zero-order valence-electron chi connectivity index (χ0n) is 10.5. The molecule has 2 unspecified atom stereocenters. The molecule has 0 aliphatic carbocycles. The van der Waals surface area contributed by atoms with Crippen molar-refractivity contribution in [1.29, 1.82) is 0 Å². The zero-order valence-corrected chi connectivity index (χ0v) is 10.5. The number of para-hydroxylation sites is 1. The van der Waals surface area contributed by atoms with Gasteiger partial charge >= 0.3 is 6.18 Å². The van der Waals surface area contributed by atoms with Crippen LogP contribution < -0.4 is 10.1 Å². The molecule has 1 aromatic carbocycles. The van der Waals surface area contributed by atoms with E-state index in [-0.39, 0.29) is 12.5 Å². The minimum atomic E-state index is -4.17. The molecule has 2 atom stereocenters. The first-order valence-electron chi connectivity index (χ1n) is 6.63. The number of halogens is 3. The van der Waals surface area contributed by atoms with Gasteiger partial charge in [0.1, 0.15) is 11.8 Å². The Labute approximate surface area is 109 Å². The number of hydrogen-bond donors (Lipinski definition) is 1. The summed E-state index contributed by atoms with van der Waals surface area (Å²) in [4.78, 5) is 0. The third-order valence-corrected chi connectivity index (χ3v) is 3.90. The minimum absolute atomic E-state index is 0.163. The predicted molar refractivity (Wildman–Crippen MR) is 65.2 cm³/mol. The molecule has 1 saturated heterocycles. The molecule has 0 spiro atoms. The van der Waals surface area contributed by atoms with E-state index in [4.69, 9.17) is 4.74 Å². The Morgan fingerprint density at radius 2 is 2.05 bits per heavy atom. The highest BCUT2D eigenvalue weighted by atomic mass is 19.4. The van der Waals surface area contributed by atoms with Crippen LogP contribution in [0.4, 0.5) is 13.2 Å². The molecule has 5 heteroatoms. The summed E-state index contributed by atoms with van der Waals surface area (Å²) >= 11 is 0. The van der Waals surface area contributed by atoms with Crippen molar-refractivity contribution >= 4 is 0 Å². The highest BCUT2D eigenvalue weighted by molar-refractivity contribution is 5.45. The van der Waals surface area contributed by atoms with Crippen LogP contribution in [0.1, 0.15) is 36.4 Å². The van der Waals surface area contributed by atoms with E-state index in [1.54, 1.807) is 0 Å². The second kappa shape index (κ2) is 4.71. The second-order valence-corrected chi connectivity index (χ2v) is 5.18. The zero-order chi connectivity index (χ0) is 13.5. The fraction of sp³-hybridized carbons (Fsp3) is 0.571. The largest absolute Gasteiger partial charge is 0.493 e. The van der Waals surface area contributed by atoms with E-state index in [1.165, 1.54) is 0 Å². The lowest BCUT2D eigenvalue weighted by atomic mass is 9.91. The molecule has 0 amide bonds. The van der Waals surface area contributed by atoms with Gasteiger partial charge in [0.15, 0.2) is 0 Å². The SMILES string of the molecule is FC(F)(F)C1CCCC(c2cccc3c2OCC3)N1. The summed E-state index contributed by atoms with van der Waals surface area (Å²) in [5.74, 6) is 0.794. The van der Waals surface area contributed by atoms with E-state index in [9.17, 15) is 13.2 Å². The number of hydrogen-bond acceptors (Lipinski definition) is 2. The first-order chi connectivity index (χ1) is 9.05. The number of nitrogens with one attached hydrogen (secondary N) is 1. The van der Waals surface area contributed by atoms with Crippen LogP contribution in [0.15, 0.2) is 18.2 Å². The fourth-order valence-corrected chi connectivity index (χ4v) is 2.95. The van der Waals surface area contributed by atoms with Crippen LogP contribution in [0, 0.1) is 0 Å². The number of benzene rings is 1. The average Bonchev–Trinajstić information content (AvgIpc) is 2.86. The van der Waals surface area contributed by atoms with Crippen molar-refractivity contribution in [3.05, 3.63) is 29.3 Å². The monoisotopic (exact) mass is 271 g/mol. The van der Waals surface area contributed by atoms with Gasteiger partial charge in [-0.2, -0.15) is 13.2 Å². The molecule has 2 nitrogen and oxygen atoms in total. The predicted octanol–water partition coefficient (Wildman–Crippen LogP) is 3.37. The Bertz CT molecular complexity index is 472. The Kier molecular flexibility index (Phi) is 3.17. The van der Waals surface area contributed by atoms with Crippen LogP contribution in [0.2, 0.25) is 0 Å². The van der Waals surface area contributed by atoms with Gasteiger partial charge in [0.25, 0.3) is 0 Å². The summed E-state index contributed by atoms with van der Waals surface area (Å²) in [6.45, 7) is 0.627. The molecule has 19 heavy (non-hydrogen) atoms. The molecule has 0 saturated carbocycles. The van der Waals surface area contributed by atoms with E-state index in [0.717, 1.165) is 29.7 Å². The van der Waals surface area contributed by atoms with Crippen LogP contribution in [-0.2, 0) is 6.42 Å². The van der Waals surface area contributed by atoms with Gasteiger partial charge in [-0.25, -0.2) is 0 Å². The first kappa shape index (κ1) is 12.8. The lowest BCUT2D eigenvalue weighted by Gasteiger charge is -2.33. The van der Waals surface area contributed by atoms with Gasteiger partial charge in [0, 0.05) is 18.0 Å². The quantitative estimate of drug-likeness (QED) is 0.845. The molecule has 3 rings (SSSR count). The normalized spacial score (nSPS) is 26.9. The second-order valence-electron chi connectivity index (χ2n) is 5.18. The van der Waals surface area contributed by atoms with E-state index >= 15 is 0 Å². The Balaban J connectivity index is 1.85. The topological polar surface area (TPSA) is 21.3 Å². The number of piperidine rings is 1. The Morgan fingerprint density at radius 1 is 1.21 bits per heavy atom. The molecule has 0 aromatic heterocycles.